The van der Waals surface area contributed by atoms with Crippen LogP contribution in [-0.4, -0.2) is 33.1 Å². The fraction of sp³-hybridized carbons (Fsp3) is 1.00. The fourth-order valence-corrected chi connectivity index (χ4v) is 9.92. The average Bonchev–Trinajstić information content (AvgIpc) is 3.08. The van der Waals surface area contributed by atoms with Gasteiger partial charge in [-0.1, -0.05) is 54.4 Å². The third-order valence-corrected chi connectivity index (χ3v) is 12.1. The summed E-state index contributed by atoms with van der Waals surface area (Å²) in [6.07, 6.45) is 10.7. The number of fused-ring (bicyclic) bond motifs is 5. The van der Waals surface area contributed by atoms with Gasteiger partial charge >= 0.3 is 0 Å². The zero-order valence-electron chi connectivity index (χ0n) is 21.8. The summed E-state index contributed by atoms with van der Waals surface area (Å²) in [7, 11) is 0. The van der Waals surface area contributed by atoms with Gasteiger partial charge in [0.15, 0.2) is 0 Å². The van der Waals surface area contributed by atoms with Crippen LogP contribution in [0.5, 0.6) is 0 Å². The van der Waals surface area contributed by atoms with Crippen LogP contribution in [0.3, 0.4) is 0 Å². The molecule has 3 heteroatoms. The molecule has 4 aliphatic rings. The second-order valence-corrected chi connectivity index (χ2v) is 13.6. The molecular weight excluding hydrogens is 396 g/mol. The van der Waals surface area contributed by atoms with Crippen molar-refractivity contribution in [2.45, 2.75) is 130 Å². The predicted molar refractivity (Wildman–Crippen MR) is 131 cm³/mol. The molecule has 0 aromatic rings. The van der Waals surface area contributed by atoms with Crippen LogP contribution in [-0.2, 0) is 0 Å². The molecule has 0 amide bonds. The Bertz CT molecular complexity index is 663. The van der Waals surface area contributed by atoms with Gasteiger partial charge in [0.2, 0.25) is 0 Å². The molecule has 4 fully saturated rings. The highest BCUT2D eigenvalue weighted by atomic mass is 16.3. The van der Waals surface area contributed by atoms with Crippen molar-refractivity contribution in [1.29, 1.82) is 0 Å². The number of rotatable bonds is 6. The molecule has 0 bridgehead atoms. The summed E-state index contributed by atoms with van der Waals surface area (Å²) >= 11 is 0. The second-order valence-electron chi connectivity index (χ2n) is 13.6. The fourth-order valence-electron chi connectivity index (χ4n) is 9.92. The molecule has 4 saturated carbocycles. The van der Waals surface area contributed by atoms with Crippen molar-refractivity contribution in [3.8, 4) is 0 Å². The predicted octanol–water partition coefficient (Wildman–Crippen LogP) is 6.19. The minimum absolute atomic E-state index is 0.259. The monoisotopic (exact) mass is 448 g/mol. The van der Waals surface area contributed by atoms with Crippen molar-refractivity contribution in [3.63, 3.8) is 0 Å². The molecule has 0 heterocycles. The summed E-state index contributed by atoms with van der Waals surface area (Å²) in [4.78, 5) is 0. The molecule has 11 atom stereocenters. The highest BCUT2D eigenvalue weighted by molar-refractivity contribution is 5.17. The van der Waals surface area contributed by atoms with Crippen LogP contribution in [0, 0.1) is 52.3 Å². The van der Waals surface area contributed by atoms with Gasteiger partial charge in [-0.3, -0.25) is 0 Å². The molecule has 3 N–H and O–H groups in total. The average molecular weight is 449 g/mol. The lowest BCUT2D eigenvalue weighted by molar-refractivity contribution is -0.264. The lowest BCUT2D eigenvalue weighted by Crippen LogP contribution is -2.68. The van der Waals surface area contributed by atoms with Crippen molar-refractivity contribution < 1.29 is 15.3 Å². The van der Waals surface area contributed by atoms with Gasteiger partial charge in [0.05, 0.1) is 17.8 Å². The Morgan fingerprint density at radius 2 is 1.62 bits per heavy atom. The molecule has 4 rings (SSSR count). The van der Waals surface area contributed by atoms with Crippen LogP contribution in [0.1, 0.15) is 112 Å². The van der Waals surface area contributed by atoms with E-state index >= 15 is 0 Å². The Labute approximate surface area is 197 Å². The van der Waals surface area contributed by atoms with Crippen LogP contribution in [0.2, 0.25) is 0 Å². The van der Waals surface area contributed by atoms with Gasteiger partial charge in [0.1, 0.15) is 0 Å². The second kappa shape index (κ2) is 8.83. The molecule has 3 nitrogen and oxygen atoms in total. The quantitative estimate of drug-likeness (QED) is 0.454. The molecule has 0 spiro atoms. The molecule has 0 radical (unpaired) electrons. The first-order valence-corrected chi connectivity index (χ1v) is 14.1. The van der Waals surface area contributed by atoms with E-state index in [4.69, 9.17) is 0 Å². The Morgan fingerprint density at radius 1 is 0.906 bits per heavy atom. The maximum atomic E-state index is 11.7. The normalized spacial score (nSPS) is 50.4. The van der Waals surface area contributed by atoms with Crippen LogP contribution in [0.4, 0.5) is 0 Å². The van der Waals surface area contributed by atoms with E-state index in [1.54, 1.807) is 0 Å². The molecule has 0 saturated heterocycles. The largest absolute Gasteiger partial charge is 0.393 e. The van der Waals surface area contributed by atoms with Gasteiger partial charge in [-0.2, -0.15) is 0 Å². The van der Waals surface area contributed by atoms with Gasteiger partial charge in [0, 0.05) is 11.8 Å². The van der Waals surface area contributed by atoms with Gasteiger partial charge in [-0.25, -0.2) is 0 Å². The molecule has 0 aromatic carbocycles. The summed E-state index contributed by atoms with van der Waals surface area (Å²) in [6.45, 7) is 14.5. The molecule has 4 aliphatic carbocycles. The molecule has 186 valence electrons. The van der Waals surface area contributed by atoms with E-state index < -0.39 is 17.8 Å². The Hall–Kier alpha value is -0.120. The minimum atomic E-state index is -1.11. The summed E-state index contributed by atoms with van der Waals surface area (Å²) in [5, 5.41) is 33.2. The summed E-state index contributed by atoms with van der Waals surface area (Å²) in [6, 6.07) is 0. The maximum Gasteiger partial charge on any atom is 0.0985 e. The van der Waals surface area contributed by atoms with Crippen LogP contribution < -0.4 is 0 Å². The number of hydrogen-bond acceptors (Lipinski definition) is 3. The van der Waals surface area contributed by atoms with Gasteiger partial charge in [0.25, 0.3) is 0 Å². The summed E-state index contributed by atoms with van der Waals surface area (Å²) in [5.41, 5.74) is -0.984. The van der Waals surface area contributed by atoms with Crippen molar-refractivity contribution in [2.75, 3.05) is 0 Å². The summed E-state index contributed by atoms with van der Waals surface area (Å²) in [5.74, 6) is 4.92. The number of aliphatic hydroxyl groups excluding tert-OH is 2. The Kier molecular flexibility index (Phi) is 6.89. The highest BCUT2D eigenvalue weighted by Crippen LogP contribution is 2.69. The van der Waals surface area contributed by atoms with E-state index in [2.05, 4.69) is 41.5 Å². The summed E-state index contributed by atoms with van der Waals surface area (Å²) < 4.78 is 0. The van der Waals surface area contributed by atoms with E-state index in [1.807, 2.05) is 0 Å². The van der Waals surface area contributed by atoms with E-state index in [-0.39, 0.29) is 5.41 Å². The van der Waals surface area contributed by atoms with E-state index in [9.17, 15) is 15.3 Å². The van der Waals surface area contributed by atoms with Crippen molar-refractivity contribution in [3.05, 3.63) is 0 Å². The zero-order chi connectivity index (χ0) is 23.5. The lowest BCUT2D eigenvalue weighted by atomic mass is 9.42. The molecule has 32 heavy (non-hydrogen) atoms. The van der Waals surface area contributed by atoms with Crippen molar-refractivity contribution in [2.24, 2.45) is 52.3 Å². The van der Waals surface area contributed by atoms with Crippen LogP contribution in [0.25, 0.3) is 0 Å². The highest BCUT2D eigenvalue weighted by Gasteiger charge is 2.67. The maximum absolute atomic E-state index is 11.7. The topological polar surface area (TPSA) is 60.7 Å². The first-order chi connectivity index (χ1) is 15.0. The smallest absolute Gasteiger partial charge is 0.0985 e. The van der Waals surface area contributed by atoms with Crippen LogP contribution in [0.15, 0.2) is 0 Å². The van der Waals surface area contributed by atoms with E-state index in [1.165, 1.54) is 44.9 Å². The standard InChI is InChI=1S/C29H52O3/c1-7-20(18(2)3)9-8-19(4)23-10-11-24-22-16-26(31)29(32)17-21(30)12-15-28(29,6)25(22)13-14-27(23,24)5/h18-26,30-32H,7-17H2,1-6H3/t19-,20-,21+,22+,23-,24+,25+,26+,27-,28-,29-/m1/s1. The van der Waals surface area contributed by atoms with Gasteiger partial charge in [-0.15, -0.1) is 0 Å². The van der Waals surface area contributed by atoms with Crippen molar-refractivity contribution in [1.82, 2.24) is 0 Å². The third-order valence-electron chi connectivity index (χ3n) is 12.1. The Balaban J connectivity index is 1.51. The van der Waals surface area contributed by atoms with E-state index in [0.717, 1.165) is 42.9 Å². The molecule has 0 aromatic heterocycles. The third kappa shape index (κ3) is 3.72. The first-order valence-electron chi connectivity index (χ1n) is 14.1. The van der Waals surface area contributed by atoms with Crippen molar-refractivity contribution >= 4 is 0 Å². The Morgan fingerprint density at radius 3 is 2.28 bits per heavy atom. The molecular formula is C29H52O3. The van der Waals surface area contributed by atoms with Gasteiger partial charge < -0.3 is 15.3 Å². The van der Waals surface area contributed by atoms with Gasteiger partial charge in [-0.05, 0) is 98.2 Å². The minimum Gasteiger partial charge on any atom is -0.393 e. The zero-order valence-corrected chi connectivity index (χ0v) is 21.8. The van der Waals surface area contributed by atoms with E-state index in [0.29, 0.717) is 29.6 Å². The lowest BCUT2D eigenvalue weighted by Gasteiger charge is -2.65. The molecule has 0 unspecified atom stereocenters. The number of hydrogen-bond donors (Lipinski definition) is 3. The first kappa shape index (κ1) is 25.0. The SMILES string of the molecule is CC[C@H](CC[C@@H](C)[C@H]1CC[C@H]2[C@@H]3C[C@H](O)[C@]4(O)C[C@@H](O)CC[C@]4(C)[C@H]3CC[C@]12C)C(C)C. The number of aliphatic hydroxyl groups is 3. The van der Waals surface area contributed by atoms with Crippen LogP contribution >= 0.6 is 0 Å². The molecule has 0 aliphatic heterocycles.